The van der Waals surface area contributed by atoms with Gasteiger partial charge in [0, 0.05) is 12.0 Å². The molecule has 1 aliphatic carbocycles. The molecule has 1 fully saturated rings. The maximum absolute atomic E-state index is 13.4. The fourth-order valence-corrected chi connectivity index (χ4v) is 5.01. The number of aryl methyl sites for hydroxylation is 1. The Morgan fingerprint density at radius 3 is 2.79 bits per heavy atom. The van der Waals surface area contributed by atoms with E-state index in [0.29, 0.717) is 23.0 Å². The summed E-state index contributed by atoms with van der Waals surface area (Å²) in [6.45, 7) is 1.41. The number of rotatable bonds is 6. The van der Waals surface area contributed by atoms with E-state index in [-0.39, 0.29) is 46.3 Å². The van der Waals surface area contributed by atoms with Crippen LogP contribution >= 0.6 is 11.6 Å². The number of nitrogens with one attached hydrogen (secondary N) is 1. The fourth-order valence-electron chi connectivity index (χ4n) is 3.53. The Morgan fingerprint density at radius 2 is 2.06 bits per heavy atom. The van der Waals surface area contributed by atoms with Gasteiger partial charge in [0.15, 0.2) is 12.4 Å². The first-order valence-electron chi connectivity index (χ1n) is 10.1. The van der Waals surface area contributed by atoms with Crippen molar-refractivity contribution in [2.24, 2.45) is 0 Å². The van der Waals surface area contributed by atoms with Crippen LogP contribution in [-0.4, -0.2) is 31.1 Å². The Bertz CT molecular complexity index is 1370. The van der Waals surface area contributed by atoms with Crippen molar-refractivity contribution in [3.05, 3.63) is 58.5 Å². The van der Waals surface area contributed by atoms with Gasteiger partial charge in [-0.15, -0.1) is 0 Å². The Balaban J connectivity index is 1.44. The molecule has 9 nitrogen and oxygen atoms in total. The SMILES string of the molecule is Cc1cc2c(cc1S(=O)(=O)Nc1ccc(F)c(Cl)c1)OCC(=O)N2Cc1noc(C2CC2)n1. The second-order valence-electron chi connectivity index (χ2n) is 7.91. The average Bonchev–Trinajstić information content (AvgIpc) is 3.51. The number of hydrogen-bond acceptors (Lipinski definition) is 7. The molecule has 172 valence electrons. The molecule has 0 atom stereocenters. The number of fused-ring (bicyclic) bond motifs is 1. The van der Waals surface area contributed by atoms with Crippen LogP contribution in [0.3, 0.4) is 0 Å². The van der Waals surface area contributed by atoms with E-state index in [0.717, 1.165) is 18.9 Å². The molecule has 1 amide bonds. The van der Waals surface area contributed by atoms with Gasteiger partial charge < -0.3 is 9.26 Å². The van der Waals surface area contributed by atoms with Crippen molar-refractivity contribution in [2.45, 2.75) is 37.1 Å². The molecule has 0 unspecified atom stereocenters. The van der Waals surface area contributed by atoms with Crippen LogP contribution in [0, 0.1) is 12.7 Å². The second kappa shape index (κ2) is 7.99. The first-order chi connectivity index (χ1) is 15.7. The van der Waals surface area contributed by atoms with E-state index in [1.165, 1.54) is 23.1 Å². The van der Waals surface area contributed by atoms with Gasteiger partial charge in [-0.25, -0.2) is 12.8 Å². The molecule has 1 aromatic heterocycles. The lowest BCUT2D eigenvalue weighted by atomic mass is 10.1. The highest BCUT2D eigenvalue weighted by Gasteiger charge is 2.32. The summed E-state index contributed by atoms with van der Waals surface area (Å²) < 4.78 is 52.6. The maximum atomic E-state index is 13.4. The van der Waals surface area contributed by atoms with Gasteiger partial charge in [0.2, 0.25) is 5.89 Å². The number of nitrogens with zero attached hydrogens (tertiary/aromatic N) is 3. The Hall–Kier alpha value is -3.18. The van der Waals surface area contributed by atoms with Crippen LogP contribution in [0.2, 0.25) is 5.02 Å². The average molecular weight is 493 g/mol. The normalized spacial score (nSPS) is 15.8. The van der Waals surface area contributed by atoms with E-state index in [1.807, 2.05) is 0 Å². The van der Waals surface area contributed by atoms with Crippen LogP contribution in [0.15, 0.2) is 39.8 Å². The quantitative estimate of drug-likeness (QED) is 0.557. The molecule has 1 aliphatic heterocycles. The first-order valence-corrected chi connectivity index (χ1v) is 12.0. The number of anilines is 2. The van der Waals surface area contributed by atoms with Crippen LogP contribution in [0.4, 0.5) is 15.8 Å². The van der Waals surface area contributed by atoms with Crippen molar-refractivity contribution in [1.29, 1.82) is 0 Å². The third kappa shape index (κ3) is 4.25. The second-order valence-corrected chi connectivity index (χ2v) is 9.97. The number of carbonyl (C=O) groups excluding carboxylic acids is 1. The van der Waals surface area contributed by atoms with E-state index in [4.69, 9.17) is 20.9 Å². The van der Waals surface area contributed by atoms with Crippen LogP contribution in [0.1, 0.15) is 36.0 Å². The molecule has 12 heteroatoms. The van der Waals surface area contributed by atoms with E-state index >= 15 is 0 Å². The predicted molar refractivity (Wildman–Crippen MR) is 116 cm³/mol. The standard InChI is InChI=1S/C21H18ClFN4O5S/c1-11-6-16-17(8-18(11)33(29,30)26-13-4-5-15(23)14(22)7-13)31-10-20(28)27(16)9-19-24-21(32-25-19)12-2-3-12/h4-8,12,26H,2-3,9-10H2,1H3. The highest BCUT2D eigenvalue weighted by molar-refractivity contribution is 7.92. The van der Waals surface area contributed by atoms with Crippen LogP contribution in [0.25, 0.3) is 0 Å². The fraction of sp³-hybridized carbons (Fsp3) is 0.286. The molecular formula is C21H18ClFN4O5S. The summed E-state index contributed by atoms with van der Waals surface area (Å²) in [6, 6.07) is 6.42. The van der Waals surface area contributed by atoms with Crippen LogP contribution in [0.5, 0.6) is 5.75 Å². The van der Waals surface area contributed by atoms with E-state index in [2.05, 4.69) is 14.9 Å². The largest absolute Gasteiger partial charge is 0.482 e. The third-order valence-corrected chi connectivity index (χ3v) is 7.18. The Morgan fingerprint density at radius 1 is 1.27 bits per heavy atom. The number of aromatic nitrogens is 2. The molecular weight excluding hydrogens is 475 g/mol. The Labute approximate surface area is 193 Å². The number of amides is 1. The summed E-state index contributed by atoms with van der Waals surface area (Å²) in [5.74, 6) is 0.474. The molecule has 3 aromatic rings. The molecule has 1 N–H and O–H groups in total. The smallest absolute Gasteiger partial charge is 0.265 e. The molecule has 2 aliphatic rings. The summed E-state index contributed by atoms with van der Waals surface area (Å²) in [4.78, 5) is 18.3. The molecule has 1 saturated carbocycles. The van der Waals surface area contributed by atoms with Gasteiger partial charge in [0.25, 0.3) is 15.9 Å². The molecule has 0 saturated heterocycles. The number of carbonyl (C=O) groups is 1. The molecule has 33 heavy (non-hydrogen) atoms. The molecule has 2 aromatic carbocycles. The molecule has 0 radical (unpaired) electrons. The molecule has 2 heterocycles. The van der Waals surface area contributed by atoms with Gasteiger partial charge in [-0.3, -0.25) is 14.4 Å². The molecule has 0 spiro atoms. The number of hydrogen-bond donors (Lipinski definition) is 1. The minimum atomic E-state index is -4.05. The molecule has 5 rings (SSSR count). The zero-order valence-corrected chi connectivity index (χ0v) is 18.9. The number of ether oxygens (including phenoxy) is 1. The summed E-state index contributed by atoms with van der Waals surface area (Å²) in [7, 11) is -4.05. The van der Waals surface area contributed by atoms with E-state index in [1.54, 1.807) is 13.0 Å². The number of benzene rings is 2. The van der Waals surface area contributed by atoms with Gasteiger partial charge in [-0.2, -0.15) is 4.98 Å². The predicted octanol–water partition coefficient (Wildman–Crippen LogP) is 3.77. The first kappa shape index (κ1) is 21.7. The minimum absolute atomic E-state index is 0.0495. The zero-order chi connectivity index (χ0) is 23.3. The zero-order valence-electron chi connectivity index (χ0n) is 17.3. The summed E-state index contributed by atoms with van der Waals surface area (Å²) in [5.41, 5.74) is 0.898. The minimum Gasteiger partial charge on any atom is -0.482 e. The Kier molecular flexibility index (Phi) is 5.25. The highest BCUT2D eigenvalue weighted by Crippen LogP contribution is 2.40. The van der Waals surface area contributed by atoms with Crippen LogP contribution < -0.4 is 14.4 Å². The van der Waals surface area contributed by atoms with Gasteiger partial charge in [0.05, 0.1) is 27.8 Å². The maximum Gasteiger partial charge on any atom is 0.265 e. The summed E-state index contributed by atoms with van der Waals surface area (Å²) in [5, 5.41) is 3.75. The number of halogens is 2. The number of sulfonamides is 1. The van der Waals surface area contributed by atoms with Crippen molar-refractivity contribution >= 4 is 38.9 Å². The third-order valence-electron chi connectivity index (χ3n) is 5.37. The van der Waals surface area contributed by atoms with Gasteiger partial charge in [-0.05, 0) is 49.6 Å². The van der Waals surface area contributed by atoms with Crippen molar-refractivity contribution in [1.82, 2.24) is 10.1 Å². The van der Waals surface area contributed by atoms with Gasteiger partial charge in [-0.1, -0.05) is 16.8 Å². The van der Waals surface area contributed by atoms with E-state index < -0.39 is 15.8 Å². The van der Waals surface area contributed by atoms with Crippen molar-refractivity contribution in [3.8, 4) is 5.75 Å². The van der Waals surface area contributed by atoms with Gasteiger partial charge >= 0.3 is 0 Å². The summed E-state index contributed by atoms with van der Waals surface area (Å²) in [6.07, 6.45) is 2.02. The molecule has 0 bridgehead atoms. The highest BCUT2D eigenvalue weighted by atomic mass is 35.5. The van der Waals surface area contributed by atoms with Gasteiger partial charge in [0.1, 0.15) is 11.6 Å². The summed E-state index contributed by atoms with van der Waals surface area (Å²) >= 11 is 5.75. The van der Waals surface area contributed by atoms with Crippen molar-refractivity contribution in [3.63, 3.8) is 0 Å². The van der Waals surface area contributed by atoms with Crippen molar-refractivity contribution in [2.75, 3.05) is 16.2 Å². The lowest BCUT2D eigenvalue weighted by molar-refractivity contribution is -0.121. The van der Waals surface area contributed by atoms with E-state index in [9.17, 15) is 17.6 Å². The lowest BCUT2D eigenvalue weighted by Crippen LogP contribution is -2.38. The van der Waals surface area contributed by atoms with Crippen LogP contribution in [-0.2, 0) is 21.4 Å². The lowest BCUT2D eigenvalue weighted by Gasteiger charge is -2.29. The van der Waals surface area contributed by atoms with Crippen molar-refractivity contribution < 1.29 is 26.9 Å². The topological polar surface area (TPSA) is 115 Å². The monoisotopic (exact) mass is 492 g/mol.